The van der Waals surface area contributed by atoms with Gasteiger partial charge in [0.2, 0.25) is 29.5 Å². The van der Waals surface area contributed by atoms with Crippen molar-refractivity contribution < 1.29 is 38.2 Å². The maximum atomic E-state index is 12.7. The Morgan fingerprint density at radius 1 is 0.929 bits per heavy atom. The summed E-state index contributed by atoms with van der Waals surface area (Å²) in [6.07, 6.45) is 3.69. The van der Waals surface area contributed by atoms with Crippen molar-refractivity contribution in [3.05, 3.63) is 0 Å². The minimum atomic E-state index is -0.538. The van der Waals surface area contributed by atoms with Gasteiger partial charge in [-0.3, -0.25) is 33.7 Å². The smallest absolute Gasteiger partial charge is 0.243 e. The molecule has 0 bridgehead atoms. The Kier molecular flexibility index (Phi) is 15.7. The zero-order chi connectivity index (χ0) is 32.1. The number of ether oxygens (including phenoxy) is 2. The number of nitrogens with zero attached hydrogens (tertiary/aromatic N) is 1. The topological polar surface area (TPSA) is 160 Å². The Balaban J connectivity index is 2.29. The van der Waals surface area contributed by atoms with E-state index >= 15 is 0 Å². The first-order valence-electron chi connectivity index (χ1n) is 14.4. The van der Waals surface area contributed by atoms with Crippen LogP contribution in [0.15, 0.2) is 0 Å². The molecule has 0 spiro atoms. The molecule has 240 valence electrons. The number of ketones is 1. The highest BCUT2D eigenvalue weighted by Gasteiger charge is 2.41. The van der Waals surface area contributed by atoms with Crippen LogP contribution in [0.25, 0.3) is 0 Å². The number of hydrogen-bond acceptors (Lipinski definition) is 9. The second-order valence-corrected chi connectivity index (χ2v) is 13.1. The molecule has 1 fully saturated rings. The minimum Gasteiger partial charge on any atom is -0.375 e. The summed E-state index contributed by atoms with van der Waals surface area (Å²) in [5, 5.41) is 7.50. The molecule has 3 N–H and O–H groups in total. The van der Waals surface area contributed by atoms with Gasteiger partial charge in [0.25, 0.3) is 0 Å². The van der Waals surface area contributed by atoms with Gasteiger partial charge in [-0.2, -0.15) is 11.8 Å². The van der Waals surface area contributed by atoms with E-state index in [0.29, 0.717) is 32.4 Å². The summed E-state index contributed by atoms with van der Waals surface area (Å²) < 4.78 is 11.9. The van der Waals surface area contributed by atoms with Crippen LogP contribution in [-0.4, -0.2) is 102 Å². The van der Waals surface area contributed by atoms with Crippen molar-refractivity contribution in [1.29, 1.82) is 0 Å². The number of imide groups is 1. The summed E-state index contributed by atoms with van der Waals surface area (Å²) in [5.41, 5.74) is -1.03. The second-order valence-electron chi connectivity index (χ2n) is 12.0. The van der Waals surface area contributed by atoms with Gasteiger partial charge in [-0.25, -0.2) is 0 Å². The minimum absolute atomic E-state index is 0.0653. The predicted molar refractivity (Wildman–Crippen MR) is 161 cm³/mol. The first kappa shape index (κ1) is 37.5. The zero-order valence-corrected chi connectivity index (χ0v) is 27.2. The van der Waals surface area contributed by atoms with E-state index in [2.05, 4.69) is 16.0 Å². The van der Waals surface area contributed by atoms with Crippen LogP contribution in [-0.2, 0) is 38.2 Å². The average Bonchev–Trinajstić information content (AvgIpc) is 3.18. The standard InChI is InChI=1S/C29H50N4O8S/c1-19(15-20(2)33-25(37)16-22(42-8)27(33)39)26(38)30-12-10-28(4,5)41-14-11-29(6,7)40-13-9-23(35)32-18-24(36)31-17-21(3)34/h19-20,22H,9-18H2,1-8H3,(H,30,38)(H,31,36)(H,32,35). The van der Waals surface area contributed by atoms with E-state index < -0.39 is 17.1 Å². The van der Waals surface area contributed by atoms with Crippen molar-refractivity contribution in [2.75, 3.05) is 39.1 Å². The SMILES string of the molecule is CSC1CC(=O)N(C(C)CC(C)C(=O)NCCC(C)(C)OCCC(C)(C)OCCC(=O)NCC(=O)NCC(C)=O)C1=O. The van der Waals surface area contributed by atoms with E-state index in [4.69, 9.17) is 9.47 Å². The van der Waals surface area contributed by atoms with Crippen LogP contribution >= 0.6 is 11.8 Å². The number of Topliss-reactive ketones (excluding diaryl/α,β-unsaturated/α-hetero) is 1. The lowest BCUT2D eigenvalue weighted by Gasteiger charge is -2.30. The molecule has 5 amide bonds. The van der Waals surface area contributed by atoms with Crippen molar-refractivity contribution in [1.82, 2.24) is 20.9 Å². The lowest BCUT2D eigenvalue weighted by Crippen LogP contribution is -2.42. The van der Waals surface area contributed by atoms with Crippen molar-refractivity contribution in [3.8, 4) is 0 Å². The first-order valence-corrected chi connectivity index (χ1v) is 15.7. The Hall–Kier alpha value is -2.51. The lowest BCUT2D eigenvalue weighted by atomic mass is 10.00. The van der Waals surface area contributed by atoms with E-state index in [9.17, 15) is 28.8 Å². The molecule has 13 heteroatoms. The fraction of sp³-hybridized carbons (Fsp3) is 0.793. The largest absolute Gasteiger partial charge is 0.375 e. The Labute approximate surface area is 254 Å². The Morgan fingerprint density at radius 2 is 1.52 bits per heavy atom. The number of thioether (sulfide) groups is 1. The summed E-state index contributed by atoms with van der Waals surface area (Å²) >= 11 is 1.38. The number of carbonyl (C=O) groups excluding carboxylic acids is 6. The van der Waals surface area contributed by atoms with Gasteiger partial charge in [0, 0.05) is 31.3 Å². The molecule has 0 aromatic heterocycles. The average molecular weight is 615 g/mol. The van der Waals surface area contributed by atoms with Crippen LogP contribution in [0.4, 0.5) is 0 Å². The number of rotatable bonds is 20. The normalized spacial score (nSPS) is 17.1. The second kappa shape index (κ2) is 17.6. The van der Waals surface area contributed by atoms with E-state index in [0.717, 1.165) is 0 Å². The summed E-state index contributed by atoms with van der Waals surface area (Å²) in [4.78, 5) is 73.1. The highest BCUT2D eigenvalue weighted by molar-refractivity contribution is 8.00. The van der Waals surface area contributed by atoms with Crippen LogP contribution in [0, 0.1) is 5.92 Å². The van der Waals surface area contributed by atoms with Gasteiger partial charge >= 0.3 is 0 Å². The molecule has 1 saturated heterocycles. The van der Waals surface area contributed by atoms with E-state index in [1.807, 2.05) is 34.0 Å². The molecule has 0 saturated carbocycles. The highest BCUT2D eigenvalue weighted by atomic mass is 32.2. The lowest BCUT2D eigenvalue weighted by molar-refractivity contribution is -0.142. The maximum absolute atomic E-state index is 12.7. The summed E-state index contributed by atoms with van der Waals surface area (Å²) in [7, 11) is 0. The third-order valence-electron chi connectivity index (χ3n) is 7.03. The monoisotopic (exact) mass is 614 g/mol. The van der Waals surface area contributed by atoms with E-state index in [1.165, 1.54) is 23.6 Å². The quantitative estimate of drug-likeness (QED) is 0.173. The molecule has 0 aliphatic carbocycles. The molecule has 1 heterocycles. The van der Waals surface area contributed by atoms with Crippen molar-refractivity contribution in [2.24, 2.45) is 5.92 Å². The molecule has 1 aliphatic rings. The number of nitrogens with one attached hydrogen (secondary N) is 3. The molecular formula is C29H50N4O8S. The molecule has 0 aromatic carbocycles. The van der Waals surface area contributed by atoms with Gasteiger partial charge in [0.15, 0.2) is 0 Å². The van der Waals surface area contributed by atoms with Gasteiger partial charge in [0.1, 0.15) is 5.78 Å². The van der Waals surface area contributed by atoms with Crippen LogP contribution in [0.2, 0.25) is 0 Å². The first-order chi connectivity index (χ1) is 19.5. The van der Waals surface area contributed by atoms with E-state index in [1.54, 1.807) is 13.8 Å². The molecule has 12 nitrogen and oxygen atoms in total. The van der Waals surface area contributed by atoms with Gasteiger partial charge in [-0.15, -0.1) is 0 Å². The zero-order valence-electron chi connectivity index (χ0n) is 26.4. The molecule has 42 heavy (non-hydrogen) atoms. The van der Waals surface area contributed by atoms with Crippen LogP contribution in [0.1, 0.15) is 80.6 Å². The number of carbonyl (C=O) groups is 6. The third kappa shape index (κ3) is 14.1. The van der Waals surface area contributed by atoms with Crippen LogP contribution in [0.5, 0.6) is 0 Å². The van der Waals surface area contributed by atoms with E-state index in [-0.39, 0.29) is 79.2 Å². The molecule has 0 aromatic rings. The van der Waals surface area contributed by atoms with Gasteiger partial charge in [-0.1, -0.05) is 6.92 Å². The van der Waals surface area contributed by atoms with Gasteiger partial charge in [0.05, 0.1) is 42.8 Å². The predicted octanol–water partition coefficient (Wildman–Crippen LogP) is 1.59. The van der Waals surface area contributed by atoms with Crippen molar-refractivity contribution in [3.63, 3.8) is 0 Å². The number of amides is 5. The Morgan fingerprint density at radius 3 is 2.12 bits per heavy atom. The summed E-state index contributed by atoms with van der Waals surface area (Å²) in [6.45, 7) is 13.4. The molecule has 1 aliphatic heterocycles. The third-order valence-corrected chi connectivity index (χ3v) is 7.97. The number of likely N-dealkylation sites (tertiary alicyclic amines) is 1. The highest BCUT2D eigenvalue weighted by Crippen LogP contribution is 2.27. The molecular weight excluding hydrogens is 564 g/mol. The van der Waals surface area contributed by atoms with Gasteiger partial charge < -0.3 is 25.4 Å². The molecule has 1 rings (SSSR count). The maximum Gasteiger partial charge on any atom is 0.243 e. The van der Waals surface area contributed by atoms with Crippen molar-refractivity contribution >= 4 is 47.1 Å². The van der Waals surface area contributed by atoms with Crippen LogP contribution in [0.3, 0.4) is 0 Å². The van der Waals surface area contributed by atoms with Gasteiger partial charge in [-0.05, 0) is 67.1 Å². The number of hydrogen-bond donors (Lipinski definition) is 3. The van der Waals surface area contributed by atoms with Crippen molar-refractivity contribution in [2.45, 2.75) is 103 Å². The fourth-order valence-corrected chi connectivity index (χ4v) is 4.97. The summed E-state index contributed by atoms with van der Waals surface area (Å²) in [6, 6.07) is -0.340. The molecule has 3 atom stereocenters. The molecule has 0 radical (unpaired) electrons. The van der Waals surface area contributed by atoms with Crippen LogP contribution < -0.4 is 16.0 Å². The fourth-order valence-electron chi connectivity index (χ4n) is 4.34. The summed E-state index contributed by atoms with van der Waals surface area (Å²) in [5.74, 6) is -1.76. The Bertz CT molecular complexity index is 971. The molecule has 3 unspecified atom stereocenters.